The summed E-state index contributed by atoms with van der Waals surface area (Å²) in [7, 11) is 0. The third-order valence-corrected chi connectivity index (χ3v) is 2.31. The van der Waals surface area contributed by atoms with Gasteiger partial charge in [0.05, 0.1) is 4.92 Å². The maximum absolute atomic E-state index is 10.4. The van der Waals surface area contributed by atoms with Crippen LogP contribution in [-0.2, 0) is 0 Å². The maximum atomic E-state index is 10.4. The lowest BCUT2D eigenvalue weighted by atomic mass is 10.4. The number of aromatic nitrogens is 2. The average Bonchev–Trinajstić information content (AvgIpc) is 2.71. The lowest BCUT2D eigenvalue weighted by Gasteiger charge is -1.99. The van der Waals surface area contributed by atoms with Crippen LogP contribution in [0, 0.1) is 10.1 Å². The summed E-state index contributed by atoms with van der Waals surface area (Å²) in [5, 5.41) is 15.8. The van der Waals surface area contributed by atoms with Gasteiger partial charge < -0.3 is 5.32 Å². The fraction of sp³-hybridized carbons (Fsp3) is 0. The Balaban J connectivity index is 2.14. The summed E-state index contributed by atoms with van der Waals surface area (Å²) < 4.78 is 0. The van der Waals surface area contributed by atoms with Crippen LogP contribution in [0.2, 0.25) is 0 Å². The highest BCUT2D eigenvalue weighted by molar-refractivity contribution is 7.13. The first-order chi connectivity index (χ1) is 7.25. The van der Waals surface area contributed by atoms with E-state index in [0.717, 1.165) is 0 Å². The molecule has 0 aliphatic carbocycles. The van der Waals surface area contributed by atoms with Gasteiger partial charge in [-0.1, -0.05) is 0 Å². The van der Waals surface area contributed by atoms with E-state index in [9.17, 15) is 10.1 Å². The highest BCUT2D eigenvalue weighted by Gasteiger charge is 2.05. The molecule has 0 aliphatic heterocycles. The van der Waals surface area contributed by atoms with E-state index in [1.807, 2.05) is 5.38 Å². The molecule has 0 amide bonds. The van der Waals surface area contributed by atoms with Crippen molar-refractivity contribution in [2.75, 3.05) is 5.32 Å². The van der Waals surface area contributed by atoms with Crippen molar-refractivity contribution in [1.82, 2.24) is 9.97 Å². The SMILES string of the molecule is O=[N+]([O-])c1ccc(Nc2nccs2)nc1. The van der Waals surface area contributed by atoms with Crippen LogP contribution in [0.15, 0.2) is 29.9 Å². The van der Waals surface area contributed by atoms with E-state index in [1.54, 1.807) is 12.3 Å². The van der Waals surface area contributed by atoms with Gasteiger partial charge in [-0.15, -0.1) is 11.3 Å². The molecule has 1 N–H and O–H groups in total. The molecule has 0 saturated heterocycles. The van der Waals surface area contributed by atoms with Gasteiger partial charge in [-0.2, -0.15) is 0 Å². The predicted molar refractivity (Wildman–Crippen MR) is 56.3 cm³/mol. The number of nitrogens with one attached hydrogen (secondary N) is 1. The minimum absolute atomic E-state index is 0.0281. The van der Waals surface area contributed by atoms with Crippen LogP contribution in [0.5, 0.6) is 0 Å². The Morgan fingerprint density at radius 3 is 2.80 bits per heavy atom. The summed E-state index contributed by atoms with van der Waals surface area (Å²) in [6.45, 7) is 0. The molecule has 0 atom stereocenters. The number of rotatable bonds is 3. The zero-order chi connectivity index (χ0) is 10.7. The fourth-order valence-electron chi connectivity index (χ4n) is 0.963. The van der Waals surface area contributed by atoms with Crippen LogP contribution in [0.1, 0.15) is 0 Å². The molecule has 2 aromatic heterocycles. The van der Waals surface area contributed by atoms with Gasteiger partial charge in [-0.25, -0.2) is 9.97 Å². The average molecular weight is 222 g/mol. The fourth-order valence-corrected chi connectivity index (χ4v) is 1.50. The lowest BCUT2D eigenvalue weighted by Crippen LogP contribution is -1.94. The molecule has 15 heavy (non-hydrogen) atoms. The van der Waals surface area contributed by atoms with Crippen molar-refractivity contribution in [1.29, 1.82) is 0 Å². The van der Waals surface area contributed by atoms with Crippen molar-refractivity contribution in [3.63, 3.8) is 0 Å². The second-order valence-electron chi connectivity index (χ2n) is 2.62. The molecule has 0 radical (unpaired) electrons. The minimum Gasteiger partial charge on any atom is -0.316 e. The van der Waals surface area contributed by atoms with Gasteiger partial charge in [0.2, 0.25) is 0 Å². The van der Waals surface area contributed by atoms with E-state index in [2.05, 4.69) is 15.3 Å². The standard InChI is InChI=1S/C8H6N4O2S/c13-12(14)6-1-2-7(10-5-6)11-8-9-3-4-15-8/h1-5H,(H,9,10,11). The van der Waals surface area contributed by atoms with Crippen molar-refractivity contribution in [3.05, 3.63) is 40.0 Å². The minimum atomic E-state index is -0.486. The van der Waals surface area contributed by atoms with Crippen molar-refractivity contribution in [2.45, 2.75) is 0 Å². The number of hydrogen-bond acceptors (Lipinski definition) is 6. The molecule has 0 saturated carbocycles. The first-order valence-electron chi connectivity index (χ1n) is 4.02. The summed E-state index contributed by atoms with van der Waals surface area (Å²) in [5.74, 6) is 0.538. The highest BCUT2D eigenvalue weighted by Crippen LogP contribution is 2.18. The number of nitrogens with zero attached hydrogens (tertiary/aromatic N) is 3. The number of nitro groups is 1. The second-order valence-corrected chi connectivity index (χ2v) is 3.52. The number of anilines is 2. The van der Waals surface area contributed by atoms with E-state index in [4.69, 9.17) is 0 Å². The molecule has 0 aliphatic rings. The predicted octanol–water partition coefficient (Wildman–Crippen LogP) is 2.19. The van der Waals surface area contributed by atoms with Crippen molar-refractivity contribution in [3.8, 4) is 0 Å². The second kappa shape index (κ2) is 4.01. The normalized spacial score (nSPS) is 9.87. The molecule has 0 spiro atoms. The third kappa shape index (κ3) is 2.26. The van der Waals surface area contributed by atoms with Crippen molar-refractivity contribution in [2.24, 2.45) is 0 Å². The molecule has 0 aromatic carbocycles. The lowest BCUT2D eigenvalue weighted by molar-refractivity contribution is -0.385. The topological polar surface area (TPSA) is 81.0 Å². The summed E-state index contributed by atoms with van der Waals surface area (Å²) in [4.78, 5) is 17.8. The Labute approximate surface area is 88.8 Å². The third-order valence-electron chi connectivity index (χ3n) is 1.63. The van der Waals surface area contributed by atoms with Gasteiger partial charge in [-0.05, 0) is 6.07 Å². The Bertz CT molecular complexity index is 454. The Kier molecular flexibility index (Phi) is 2.55. The van der Waals surface area contributed by atoms with E-state index >= 15 is 0 Å². The molecular formula is C8H6N4O2S. The molecule has 0 unspecified atom stereocenters. The van der Waals surface area contributed by atoms with E-state index in [0.29, 0.717) is 10.9 Å². The van der Waals surface area contributed by atoms with Gasteiger partial charge >= 0.3 is 0 Å². The molecule has 2 heterocycles. The highest BCUT2D eigenvalue weighted by atomic mass is 32.1. The zero-order valence-corrected chi connectivity index (χ0v) is 8.27. The Morgan fingerprint density at radius 2 is 2.27 bits per heavy atom. The quantitative estimate of drug-likeness (QED) is 0.635. The van der Waals surface area contributed by atoms with E-state index in [1.165, 1.54) is 23.6 Å². The molecule has 0 fully saturated rings. The van der Waals surface area contributed by atoms with Crippen LogP contribution in [-0.4, -0.2) is 14.9 Å². The zero-order valence-electron chi connectivity index (χ0n) is 7.45. The summed E-state index contributed by atoms with van der Waals surface area (Å²) in [6.07, 6.45) is 2.87. The van der Waals surface area contributed by atoms with Gasteiger partial charge in [0, 0.05) is 17.6 Å². The number of pyridine rings is 1. The Morgan fingerprint density at radius 1 is 1.40 bits per heavy atom. The van der Waals surface area contributed by atoms with Crippen LogP contribution < -0.4 is 5.32 Å². The molecule has 6 nitrogen and oxygen atoms in total. The molecular weight excluding hydrogens is 216 g/mol. The van der Waals surface area contributed by atoms with Gasteiger partial charge in [0.15, 0.2) is 5.13 Å². The first kappa shape index (κ1) is 9.53. The Hall–Kier alpha value is -2.02. The summed E-state index contributed by atoms with van der Waals surface area (Å²) >= 11 is 1.43. The largest absolute Gasteiger partial charge is 0.316 e. The summed E-state index contributed by atoms with van der Waals surface area (Å²) in [6, 6.07) is 2.93. The monoisotopic (exact) mass is 222 g/mol. The van der Waals surface area contributed by atoms with Crippen LogP contribution in [0.3, 0.4) is 0 Å². The first-order valence-corrected chi connectivity index (χ1v) is 4.90. The van der Waals surface area contributed by atoms with Crippen LogP contribution in [0.4, 0.5) is 16.6 Å². The van der Waals surface area contributed by atoms with Crippen LogP contribution >= 0.6 is 11.3 Å². The molecule has 76 valence electrons. The van der Waals surface area contributed by atoms with Crippen molar-refractivity contribution >= 4 is 28.0 Å². The molecule has 0 bridgehead atoms. The molecule has 7 heteroatoms. The van der Waals surface area contributed by atoms with Crippen molar-refractivity contribution < 1.29 is 4.92 Å². The van der Waals surface area contributed by atoms with Gasteiger partial charge in [0.1, 0.15) is 12.0 Å². The molecule has 2 rings (SSSR count). The number of thiazole rings is 1. The maximum Gasteiger partial charge on any atom is 0.287 e. The number of hydrogen-bond donors (Lipinski definition) is 1. The smallest absolute Gasteiger partial charge is 0.287 e. The van der Waals surface area contributed by atoms with E-state index in [-0.39, 0.29) is 5.69 Å². The van der Waals surface area contributed by atoms with Crippen LogP contribution in [0.25, 0.3) is 0 Å². The van der Waals surface area contributed by atoms with Gasteiger partial charge in [-0.3, -0.25) is 10.1 Å². The van der Waals surface area contributed by atoms with E-state index < -0.39 is 4.92 Å². The molecule has 2 aromatic rings. The van der Waals surface area contributed by atoms with Gasteiger partial charge in [0.25, 0.3) is 5.69 Å². The summed E-state index contributed by atoms with van der Waals surface area (Å²) in [5.41, 5.74) is -0.0281.